The Morgan fingerprint density at radius 3 is 2.50 bits per heavy atom. The first-order valence-corrected chi connectivity index (χ1v) is 8.09. The lowest BCUT2D eigenvalue weighted by Gasteiger charge is -2.35. The van der Waals surface area contributed by atoms with E-state index in [1.165, 1.54) is 11.1 Å². The van der Waals surface area contributed by atoms with Crippen molar-refractivity contribution < 1.29 is 19.3 Å². The molecule has 0 saturated carbocycles. The van der Waals surface area contributed by atoms with Crippen molar-refractivity contribution in [1.29, 1.82) is 0 Å². The van der Waals surface area contributed by atoms with Gasteiger partial charge < -0.3 is 24.6 Å². The maximum absolute atomic E-state index is 10.2. The van der Waals surface area contributed by atoms with E-state index >= 15 is 0 Å². The van der Waals surface area contributed by atoms with Gasteiger partial charge in [-0.2, -0.15) is 0 Å². The zero-order valence-electron chi connectivity index (χ0n) is 14.1. The van der Waals surface area contributed by atoms with Gasteiger partial charge in [0.1, 0.15) is 0 Å². The van der Waals surface area contributed by atoms with Gasteiger partial charge in [-0.3, -0.25) is 0 Å². The fraction of sp³-hybridized carbons (Fsp3) is 0.368. The Hall–Kier alpha value is -2.40. The molecule has 0 spiro atoms. The van der Waals surface area contributed by atoms with E-state index in [4.69, 9.17) is 14.2 Å². The molecule has 2 aromatic carbocycles. The number of nitrogens with one attached hydrogen (secondary N) is 1. The smallest absolute Gasteiger partial charge is 0.168 e. The van der Waals surface area contributed by atoms with Crippen LogP contribution < -0.4 is 19.5 Å². The number of benzene rings is 2. The van der Waals surface area contributed by atoms with E-state index in [0.717, 1.165) is 47.6 Å². The Kier molecular flexibility index (Phi) is 3.53. The molecule has 4 rings (SSSR count). The summed E-state index contributed by atoms with van der Waals surface area (Å²) in [7, 11) is 4.89. The van der Waals surface area contributed by atoms with Crippen LogP contribution in [0.5, 0.6) is 23.0 Å². The molecule has 0 bridgehead atoms. The van der Waals surface area contributed by atoms with Crippen LogP contribution in [0.25, 0.3) is 11.1 Å². The number of ether oxygens (including phenoxy) is 3. The Bertz CT molecular complexity index is 816. The van der Waals surface area contributed by atoms with E-state index in [1.54, 1.807) is 27.4 Å². The lowest BCUT2D eigenvalue weighted by molar-refractivity contribution is 0.352. The quantitative estimate of drug-likeness (QED) is 0.908. The minimum Gasteiger partial charge on any atom is -0.504 e. The molecule has 126 valence electrons. The Balaban J connectivity index is 2.07. The summed E-state index contributed by atoms with van der Waals surface area (Å²) in [6.07, 6.45) is 1.80. The third-order valence-electron chi connectivity index (χ3n) is 5.03. The van der Waals surface area contributed by atoms with Gasteiger partial charge in [-0.25, -0.2) is 0 Å². The van der Waals surface area contributed by atoms with Gasteiger partial charge >= 0.3 is 0 Å². The number of phenols is 1. The minimum absolute atomic E-state index is 0.164. The summed E-state index contributed by atoms with van der Waals surface area (Å²) >= 11 is 0. The summed E-state index contributed by atoms with van der Waals surface area (Å²) in [5.41, 5.74) is 5.74. The number of rotatable bonds is 3. The summed E-state index contributed by atoms with van der Waals surface area (Å²) in [5.74, 6) is 2.11. The number of hydrogen-bond donors (Lipinski definition) is 2. The van der Waals surface area contributed by atoms with Gasteiger partial charge in [-0.15, -0.1) is 0 Å². The lowest BCUT2D eigenvalue weighted by atomic mass is 9.77. The molecule has 2 aliphatic rings. The molecule has 1 aliphatic carbocycles. The van der Waals surface area contributed by atoms with Crippen LogP contribution in [0.1, 0.15) is 22.7 Å². The molecular formula is C19H21NO4. The highest BCUT2D eigenvalue weighted by atomic mass is 16.5. The molecule has 0 aromatic heterocycles. The summed E-state index contributed by atoms with van der Waals surface area (Å²) in [6, 6.07) is 6.01. The predicted octanol–water partition coefficient (Wildman–Crippen LogP) is 2.83. The van der Waals surface area contributed by atoms with Gasteiger partial charge in [-0.1, -0.05) is 0 Å². The molecule has 5 nitrogen and oxygen atoms in total. The molecule has 2 aromatic rings. The molecule has 0 radical (unpaired) electrons. The van der Waals surface area contributed by atoms with Crippen molar-refractivity contribution in [3.63, 3.8) is 0 Å². The number of aromatic hydroxyl groups is 1. The molecule has 0 saturated heterocycles. The van der Waals surface area contributed by atoms with Crippen LogP contribution in [-0.4, -0.2) is 33.0 Å². The highest BCUT2D eigenvalue weighted by Gasteiger charge is 2.34. The van der Waals surface area contributed by atoms with E-state index in [0.29, 0.717) is 5.75 Å². The monoisotopic (exact) mass is 327 g/mol. The van der Waals surface area contributed by atoms with Gasteiger partial charge in [0, 0.05) is 11.6 Å². The van der Waals surface area contributed by atoms with Crippen molar-refractivity contribution in [1.82, 2.24) is 5.32 Å². The third-order valence-corrected chi connectivity index (χ3v) is 5.03. The highest BCUT2D eigenvalue weighted by Crippen LogP contribution is 2.52. The summed E-state index contributed by atoms with van der Waals surface area (Å²) in [4.78, 5) is 0. The number of phenolic OH excluding ortho intramolecular Hbond substituents is 1. The second-order valence-electron chi connectivity index (χ2n) is 6.20. The largest absolute Gasteiger partial charge is 0.504 e. The zero-order chi connectivity index (χ0) is 16.8. The molecule has 5 heteroatoms. The van der Waals surface area contributed by atoms with E-state index in [2.05, 4.69) is 11.4 Å². The SMILES string of the molecule is COc1cc2c(cc1O)C[C@@H]1NCCc3cc(OC)c(OC)c-2c31. The molecule has 0 amide bonds. The minimum atomic E-state index is 0.164. The van der Waals surface area contributed by atoms with Gasteiger partial charge in [0.2, 0.25) is 0 Å². The third kappa shape index (κ3) is 2.04. The van der Waals surface area contributed by atoms with Crippen molar-refractivity contribution in [2.45, 2.75) is 18.9 Å². The van der Waals surface area contributed by atoms with Crippen LogP contribution in [-0.2, 0) is 12.8 Å². The number of fused-ring (bicyclic) bond motifs is 2. The maximum atomic E-state index is 10.2. The summed E-state index contributed by atoms with van der Waals surface area (Å²) < 4.78 is 16.6. The van der Waals surface area contributed by atoms with Crippen molar-refractivity contribution in [2.75, 3.05) is 27.9 Å². The van der Waals surface area contributed by atoms with Gasteiger partial charge in [-0.05, 0) is 59.8 Å². The van der Waals surface area contributed by atoms with Crippen LogP contribution in [0.3, 0.4) is 0 Å². The number of methoxy groups -OCH3 is 3. The molecule has 1 heterocycles. The topological polar surface area (TPSA) is 60.0 Å². The lowest BCUT2D eigenvalue weighted by Crippen LogP contribution is -2.34. The van der Waals surface area contributed by atoms with Crippen LogP contribution in [0.4, 0.5) is 0 Å². The first-order valence-electron chi connectivity index (χ1n) is 8.09. The van der Waals surface area contributed by atoms with E-state index in [9.17, 15) is 5.11 Å². The fourth-order valence-electron chi connectivity index (χ4n) is 3.99. The summed E-state index contributed by atoms with van der Waals surface area (Å²) in [5, 5.41) is 13.8. The molecule has 24 heavy (non-hydrogen) atoms. The first-order chi connectivity index (χ1) is 11.7. The second-order valence-corrected chi connectivity index (χ2v) is 6.20. The van der Waals surface area contributed by atoms with Crippen LogP contribution in [0.15, 0.2) is 18.2 Å². The van der Waals surface area contributed by atoms with Crippen LogP contribution >= 0.6 is 0 Å². The van der Waals surface area contributed by atoms with E-state index < -0.39 is 0 Å². The van der Waals surface area contributed by atoms with Crippen LogP contribution in [0.2, 0.25) is 0 Å². The van der Waals surface area contributed by atoms with Crippen molar-refractivity contribution in [3.05, 3.63) is 34.9 Å². The molecule has 0 fully saturated rings. The molecule has 0 unspecified atom stereocenters. The van der Waals surface area contributed by atoms with Crippen LogP contribution in [0, 0.1) is 0 Å². The second kappa shape index (κ2) is 5.60. The predicted molar refractivity (Wildman–Crippen MR) is 91.4 cm³/mol. The average Bonchev–Trinajstić information content (AvgIpc) is 2.60. The molecule has 2 N–H and O–H groups in total. The van der Waals surface area contributed by atoms with E-state index in [-0.39, 0.29) is 11.8 Å². The first kappa shape index (κ1) is 15.1. The molecular weight excluding hydrogens is 306 g/mol. The highest BCUT2D eigenvalue weighted by molar-refractivity contribution is 5.85. The Labute approximate surface area is 141 Å². The van der Waals surface area contributed by atoms with Crippen molar-refractivity contribution in [3.8, 4) is 34.1 Å². The Morgan fingerprint density at radius 2 is 1.79 bits per heavy atom. The van der Waals surface area contributed by atoms with Gasteiger partial charge in [0.15, 0.2) is 23.0 Å². The Morgan fingerprint density at radius 1 is 1.00 bits per heavy atom. The van der Waals surface area contributed by atoms with Gasteiger partial charge in [0.25, 0.3) is 0 Å². The van der Waals surface area contributed by atoms with Gasteiger partial charge in [0.05, 0.1) is 21.3 Å². The maximum Gasteiger partial charge on any atom is 0.168 e. The standard InChI is InChI=1S/C19H21NO4/c1-22-15-9-12-11(7-14(15)21)6-13-17-10(4-5-20-13)8-16(23-2)19(24-3)18(12)17/h7-9,13,20-21H,4-6H2,1-3H3/t13-/m0/s1. The fourth-order valence-corrected chi connectivity index (χ4v) is 3.99. The average molecular weight is 327 g/mol. The molecule has 1 aliphatic heterocycles. The number of hydrogen-bond acceptors (Lipinski definition) is 5. The van der Waals surface area contributed by atoms with Crippen molar-refractivity contribution in [2.24, 2.45) is 0 Å². The molecule has 1 atom stereocenters. The zero-order valence-corrected chi connectivity index (χ0v) is 14.1. The normalized spacial score (nSPS) is 17.7. The van der Waals surface area contributed by atoms with E-state index in [1.807, 2.05) is 6.07 Å². The summed E-state index contributed by atoms with van der Waals surface area (Å²) in [6.45, 7) is 0.935. The van der Waals surface area contributed by atoms with Crippen molar-refractivity contribution >= 4 is 0 Å².